The molecule has 0 bridgehead atoms. The standard InChI is InChI=1S/C10H17N3O2S/c1-6-3-13(4-8(5-14)15-6)10-7(2)9(11)12-16-10/h6,8,14H,3-5H2,1-2H3,(H2,11,12). The molecule has 16 heavy (non-hydrogen) atoms. The number of nitrogen functional groups attached to an aromatic ring is 1. The lowest BCUT2D eigenvalue weighted by molar-refractivity contribution is -0.0419. The van der Waals surface area contributed by atoms with Crippen LogP contribution in [0, 0.1) is 6.92 Å². The molecule has 2 atom stereocenters. The Hall–Kier alpha value is -0.850. The first kappa shape index (κ1) is 11.6. The summed E-state index contributed by atoms with van der Waals surface area (Å²) < 4.78 is 9.74. The van der Waals surface area contributed by atoms with Crippen molar-refractivity contribution in [2.24, 2.45) is 0 Å². The van der Waals surface area contributed by atoms with Gasteiger partial charge in [0.1, 0.15) is 10.8 Å². The third-order valence-corrected chi connectivity index (χ3v) is 3.78. The highest BCUT2D eigenvalue weighted by atomic mass is 32.1. The van der Waals surface area contributed by atoms with Crippen LogP contribution in [-0.2, 0) is 4.74 Å². The van der Waals surface area contributed by atoms with Crippen molar-refractivity contribution in [2.45, 2.75) is 26.1 Å². The number of hydrogen-bond donors (Lipinski definition) is 2. The van der Waals surface area contributed by atoms with Gasteiger partial charge in [0.05, 0.1) is 18.8 Å². The van der Waals surface area contributed by atoms with Crippen LogP contribution < -0.4 is 10.6 Å². The van der Waals surface area contributed by atoms with Crippen molar-refractivity contribution in [3.63, 3.8) is 0 Å². The molecule has 0 saturated carbocycles. The smallest absolute Gasteiger partial charge is 0.142 e. The molecule has 1 fully saturated rings. The van der Waals surface area contributed by atoms with Crippen LogP contribution in [-0.4, -0.2) is 41.4 Å². The number of hydrogen-bond acceptors (Lipinski definition) is 6. The second-order valence-corrected chi connectivity index (χ2v) is 4.91. The van der Waals surface area contributed by atoms with Crippen molar-refractivity contribution in [3.8, 4) is 0 Å². The van der Waals surface area contributed by atoms with E-state index in [9.17, 15) is 0 Å². The third kappa shape index (κ3) is 2.14. The Labute approximate surface area is 99.0 Å². The number of aliphatic hydroxyl groups is 1. The summed E-state index contributed by atoms with van der Waals surface area (Å²) in [4.78, 5) is 2.19. The van der Waals surface area contributed by atoms with E-state index in [-0.39, 0.29) is 18.8 Å². The molecule has 2 rings (SSSR count). The number of aliphatic hydroxyl groups excluding tert-OH is 1. The van der Waals surface area contributed by atoms with E-state index < -0.39 is 0 Å². The van der Waals surface area contributed by atoms with Gasteiger partial charge in [-0.05, 0) is 25.4 Å². The summed E-state index contributed by atoms with van der Waals surface area (Å²) in [6.45, 7) is 5.55. The fraction of sp³-hybridized carbons (Fsp3) is 0.700. The summed E-state index contributed by atoms with van der Waals surface area (Å²) in [5, 5.41) is 10.2. The highest BCUT2D eigenvalue weighted by Crippen LogP contribution is 2.31. The van der Waals surface area contributed by atoms with Gasteiger partial charge in [0.2, 0.25) is 0 Å². The van der Waals surface area contributed by atoms with Gasteiger partial charge < -0.3 is 20.5 Å². The third-order valence-electron chi connectivity index (χ3n) is 2.75. The summed E-state index contributed by atoms with van der Waals surface area (Å²) in [7, 11) is 0. The summed E-state index contributed by atoms with van der Waals surface area (Å²) in [6, 6.07) is 0. The van der Waals surface area contributed by atoms with Crippen LogP contribution >= 0.6 is 11.5 Å². The van der Waals surface area contributed by atoms with Gasteiger partial charge in [0.15, 0.2) is 0 Å². The molecule has 1 aliphatic heterocycles. The lowest BCUT2D eigenvalue weighted by Gasteiger charge is -2.36. The van der Waals surface area contributed by atoms with Crippen LogP contribution in [0.3, 0.4) is 0 Å². The molecular weight excluding hydrogens is 226 g/mol. The molecule has 6 heteroatoms. The van der Waals surface area contributed by atoms with E-state index in [0.717, 1.165) is 17.1 Å². The summed E-state index contributed by atoms with van der Waals surface area (Å²) in [6.07, 6.45) is 0.0000916. The van der Waals surface area contributed by atoms with Crippen molar-refractivity contribution in [2.75, 3.05) is 30.3 Å². The minimum absolute atomic E-state index is 0.0498. The predicted molar refractivity (Wildman–Crippen MR) is 64.9 cm³/mol. The number of nitrogens with zero attached hydrogens (tertiary/aromatic N) is 2. The molecule has 1 aliphatic rings. The second kappa shape index (κ2) is 4.57. The zero-order valence-electron chi connectivity index (χ0n) is 9.51. The van der Waals surface area contributed by atoms with Crippen LogP contribution in [0.15, 0.2) is 0 Å². The Morgan fingerprint density at radius 1 is 1.62 bits per heavy atom. The number of ether oxygens (including phenoxy) is 1. The summed E-state index contributed by atoms with van der Waals surface area (Å²) in [5.41, 5.74) is 6.76. The monoisotopic (exact) mass is 243 g/mol. The Morgan fingerprint density at radius 2 is 2.38 bits per heavy atom. The molecule has 3 N–H and O–H groups in total. The zero-order chi connectivity index (χ0) is 11.7. The maximum absolute atomic E-state index is 9.16. The van der Waals surface area contributed by atoms with E-state index >= 15 is 0 Å². The largest absolute Gasteiger partial charge is 0.394 e. The lowest BCUT2D eigenvalue weighted by atomic mass is 10.2. The first-order chi connectivity index (χ1) is 7.61. The molecule has 90 valence electrons. The van der Waals surface area contributed by atoms with Crippen molar-refractivity contribution in [1.82, 2.24) is 4.37 Å². The lowest BCUT2D eigenvalue weighted by Crippen LogP contribution is -2.48. The van der Waals surface area contributed by atoms with Gasteiger partial charge in [0, 0.05) is 18.7 Å². The Balaban J connectivity index is 2.17. The molecule has 0 aliphatic carbocycles. The van der Waals surface area contributed by atoms with E-state index in [2.05, 4.69) is 9.27 Å². The van der Waals surface area contributed by atoms with E-state index in [4.69, 9.17) is 15.6 Å². The van der Waals surface area contributed by atoms with E-state index in [1.165, 1.54) is 11.5 Å². The molecule has 2 unspecified atom stereocenters. The molecule has 1 saturated heterocycles. The van der Waals surface area contributed by atoms with Crippen LogP contribution in [0.5, 0.6) is 0 Å². The summed E-state index contributed by atoms with van der Waals surface area (Å²) >= 11 is 1.41. The van der Waals surface area contributed by atoms with Crippen molar-refractivity contribution in [3.05, 3.63) is 5.56 Å². The van der Waals surface area contributed by atoms with Gasteiger partial charge in [-0.25, -0.2) is 0 Å². The first-order valence-corrected chi connectivity index (χ1v) is 6.12. The number of morpholine rings is 1. The molecule has 0 amide bonds. The topological polar surface area (TPSA) is 71.6 Å². The summed E-state index contributed by atoms with van der Waals surface area (Å²) in [5.74, 6) is 0.597. The van der Waals surface area contributed by atoms with Crippen molar-refractivity contribution < 1.29 is 9.84 Å². The minimum atomic E-state index is -0.119. The Morgan fingerprint density at radius 3 is 2.94 bits per heavy atom. The quantitative estimate of drug-likeness (QED) is 0.796. The molecule has 5 nitrogen and oxygen atoms in total. The Bertz CT molecular complexity index is 369. The van der Waals surface area contributed by atoms with Gasteiger partial charge in [-0.2, -0.15) is 4.37 Å². The molecular formula is C10H17N3O2S. The number of nitrogens with two attached hydrogens (primary N) is 1. The van der Waals surface area contributed by atoms with Gasteiger partial charge in [-0.1, -0.05) is 0 Å². The highest BCUT2D eigenvalue weighted by molar-refractivity contribution is 7.10. The van der Waals surface area contributed by atoms with E-state index in [1.807, 2.05) is 13.8 Å². The van der Waals surface area contributed by atoms with Crippen molar-refractivity contribution in [1.29, 1.82) is 0 Å². The van der Waals surface area contributed by atoms with Crippen LogP contribution in [0.4, 0.5) is 10.8 Å². The van der Waals surface area contributed by atoms with Crippen molar-refractivity contribution >= 4 is 22.4 Å². The molecule has 0 radical (unpaired) electrons. The molecule has 1 aromatic heterocycles. The molecule has 1 aromatic rings. The minimum Gasteiger partial charge on any atom is -0.394 e. The number of aromatic nitrogens is 1. The Kier molecular flexibility index (Phi) is 3.32. The maximum atomic E-state index is 9.16. The normalized spacial score (nSPS) is 26.1. The molecule has 0 aromatic carbocycles. The predicted octanol–water partition coefficient (Wildman–Crippen LogP) is 0.620. The SMILES string of the molecule is Cc1c(N)nsc1N1CC(C)OC(CO)C1. The first-order valence-electron chi connectivity index (χ1n) is 5.34. The average molecular weight is 243 g/mol. The van der Waals surface area contributed by atoms with Crippen LogP contribution in [0.2, 0.25) is 0 Å². The van der Waals surface area contributed by atoms with Crippen LogP contribution in [0.25, 0.3) is 0 Å². The zero-order valence-corrected chi connectivity index (χ0v) is 10.3. The highest BCUT2D eigenvalue weighted by Gasteiger charge is 2.27. The second-order valence-electron chi connectivity index (χ2n) is 4.15. The number of anilines is 2. The van der Waals surface area contributed by atoms with Gasteiger partial charge in [0.25, 0.3) is 0 Å². The number of rotatable bonds is 2. The maximum Gasteiger partial charge on any atom is 0.142 e. The van der Waals surface area contributed by atoms with E-state index in [1.54, 1.807) is 0 Å². The van der Waals surface area contributed by atoms with Gasteiger partial charge >= 0.3 is 0 Å². The molecule has 2 heterocycles. The van der Waals surface area contributed by atoms with E-state index in [0.29, 0.717) is 12.4 Å². The van der Waals surface area contributed by atoms with Gasteiger partial charge in [-0.15, -0.1) is 0 Å². The average Bonchev–Trinajstić information content (AvgIpc) is 2.59. The van der Waals surface area contributed by atoms with Crippen LogP contribution in [0.1, 0.15) is 12.5 Å². The molecule has 0 spiro atoms. The van der Waals surface area contributed by atoms with Gasteiger partial charge in [-0.3, -0.25) is 0 Å². The fourth-order valence-corrected chi connectivity index (χ4v) is 2.77. The fourth-order valence-electron chi connectivity index (χ4n) is 1.95.